The maximum Gasteiger partial charge on any atom is 0.240 e. The van der Waals surface area contributed by atoms with Crippen molar-refractivity contribution in [3.05, 3.63) is 89.0 Å². The van der Waals surface area contributed by atoms with Crippen LogP contribution in [0.25, 0.3) is 0 Å². The summed E-state index contributed by atoms with van der Waals surface area (Å²) in [4.78, 5) is 2.43. The third kappa shape index (κ3) is 4.19. The van der Waals surface area contributed by atoms with Gasteiger partial charge in [0, 0.05) is 38.6 Å². The van der Waals surface area contributed by atoms with E-state index in [1.807, 2.05) is 36.0 Å². The number of rotatable bonds is 6. The molecule has 7 heteroatoms. The van der Waals surface area contributed by atoms with Gasteiger partial charge in [-0.2, -0.15) is 0 Å². The number of nitrogens with zero attached hydrogens (tertiary/aromatic N) is 2. The smallest absolute Gasteiger partial charge is 0.240 e. The number of hydrogen-bond acceptors (Lipinski definition) is 3. The van der Waals surface area contributed by atoms with Crippen LogP contribution in [0.3, 0.4) is 0 Å². The minimum absolute atomic E-state index is 0.110. The Morgan fingerprint density at radius 1 is 1.10 bits per heavy atom. The maximum atomic E-state index is 13.4. The molecular weight excluding hydrogens is 401 g/mol. The van der Waals surface area contributed by atoms with Gasteiger partial charge in [0.15, 0.2) is 0 Å². The predicted molar refractivity (Wildman–Crippen MR) is 115 cm³/mol. The van der Waals surface area contributed by atoms with Gasteiger partial charge in [0.25, 0.3) is 0 Å². The molecule has 0 amide bonds. The number of fused-ring (bicyclic) bond motifs is 1. The third-order valence-corrected chi connectivity index (χ3v) is 7.40. The van der Waals surface area contributed by atoms with Crippen molar-refractivity contribution in [2.75, 3.05) is 13.1 Å². The fourth-order valence-electron chi connectivity index (χ4n) is 4.21. The standard InChI is InChI=1S/C23H26FN3O2S/c1-17-14-20(24)9-10-23(17)30(28,29)25-15-22(21-8-5-12-26(21)2)27-13-11-18-6-3-4-7-19(18)16-27/h3-10,12,14,22,25H,11,13,15-16H2,1-2H3. The minimum Gasteiger partial charge on any atom is -0.353 e. The fraction of sp³-hybridized carbons (Fsp3) is 0.304. The highest BCUT2D eigenvalue weighted by Gasteiger charge is 2.28. The van der Waals surface area contributed by atoms with Gasteiger partial charge in [-0.3, -0.25) is 4.90 Å². The Labute approximate surface area is 177 Å². The molecule has 0 saturated heterocycles. The van der Waals surface area contributed by atoms with Gasteiger partial charge < -0.3 is 4.57 Å². The molecule has 1 N–H and O–H groups in total. The average molecular weight is 428 g/mol. The number of hydrogen-bond donors (Lipinski definition) is 1. The van der Waals surface area contributed by atoms with Gasteiger partial charge in [0.05, 0.1) is 10.9 Å². The van der Waals surface area contributed by atoms with E-state index in [4.69, 9.17) is 0 Å². The molecule has 0 radical (unpaired) electrons. The van der Waals surface area contributed by atoms with Crippen LogP contribution in [0, 0.1) is 12.7 Å². The molecule has 0 saturated carbocycles. The second-order valence-corrected chi connectivity index (χ2v) is 9.55. The highest BCUT2D eigenvalue weighted by molar-refractivity contribution is 7.89. The zero-order chi connectivity index (χ0) is 21.3. The second kappa shape index (κ2) is 8.34. The zero-order valence-corrected chi connectivity index (χ0v) is 18.0. The molecule has 0 aliphatic carbocycles. The number of halogens is 1. The van der Waals surface area contributed by atoms with Crippen LogP contribution in [-0.2, 0) is 30.0 Å². The topological polar surface area (TPSA) is 54.3 Å². The summed E-state index contributed by atoms with van der Waals surface area (Å²) < 4.78 is 44.1. The van der Waals surface area contributed by atoms with Crippen LogP contribution in [0.15, 0.2) is 65.7 Å². The van der Waals surface area contributed by atoms with Crippen LogP contribution in [-0.4, -0.2) is 31.0 Å². The van der Waals surface area contributed by atoms with E-state index in [0.29, 0.717) is 5.56 Å². The molecule has 1 aromatic heterocycles. The largest absolute Gasteiger partial charge is 0.353 e. The molecule has 0 spiro atoms. The van der Waals surface area contributed by atoms with Crippen molar-refractivity contribution in [1.82, 2.24) is 14.2 Å². The first-order chi connectivity index (χ1) is 14.3. The molecule has 3 aromatic rings. The Bertz CT molecular complexity index is 1160. The van der Waals surface area contributed by atoms with E-state index in [9.17, 15) is 12.8 Å². The molecule has 30 heavy (non-hydrogen) atoms. The van der Waals surface area contributed by atoms with Crippen LogP contribution in [0.4, 0.5) is 4.39 Å². The van der Waals surface area contributed by atoms with Gasteiger partial charge in [0.1, 0.15) is 5.82 Å². The van der Waals surface area contributed by atoms with E-state index in [0.717, 1.165) is 25.2 Å². The first-order valence-corrected chi connectivity index (χ1v) is 11.5. The normalized spacial score (nSPS) is 15.7. The summed E-state index contributed by atoms with van der Waals surface area (Å²) in [5.74, 6) is -0.444. The first kappa shape index (κ1) is 20.8. The summed E-state index contributed by atoms with van der Waals surface area (Å²) >= 11 is 0. The van der Waals surface area contributed by atoms with Gasteiger partial charge in [0.2, 0.25) is 10.0 Å². The molecule has 1 unspecified atom stereocenters. The summed E-state index contributed by atoms with van der Waals surface area (Å²) in [6, 6.07) is 16.0. The molecule has 0 bridgehead atoms. The van der Waals surface area contributed by atoms with Crippen molar-refractivity contribution in [1.29, 1.82) is 0 Å². The molecule has 158 valence electrons. The van der Waals surface area contributed by atoms with Gasteiger partial charge in [-0.1, -0.05) is 24.3 Å². The molecule has 1 atom stereocenters. The van der Waals surface area contributed by atoms with Crippen molar-refractivity contribution >= 4 is 10.0 Å². The molecule has 1 aliphatic rings. The monoisotopic (exact) mass is 427 g/mol. The van der Waals surface area contributed by atoms with E-state index >= 15 is 0 Å². The van der Waals surface area contributed by atoms with Gasteiger partial charge in [-0.25, -0.2) is 17.5 Å². The van der Waals surface area contributed by atoms with E-state index in [1.165, 1.54) is 29.3 Å². The molecular formula is C23H26FN3O2S. The van der Waals surface area contributed by atoms with Crippen molar-refractivity contribution in [2.24, 2.45) is 7.05 Å². The van der Waals surface area contributed by atoms with Crippen LogP contribution in [0.1, 0.15) is 28.4 Å². The van der Waals surface area contributed by atoms with E-state index < -0.39 is 15.8 Å². The number of sulfonamides is 1. The summed E-state index contributed by atoms with van der Waals surface area (Å²) in [7, 11) is -1.79. The Kier molecular flexibility index (Phi) is 5.77. The van der Waals surface area contributed by atoms with E-state index in [-0.39, 0.29) is 17.5 Å². The highest BCUT2D eigenvalue weighted by atomic mass is 32.2. The predicted octanol–water partition coefficient (Wildman–Crippen LogP) is 3.55. The maximum absolute atomic E-state index is 13.4. The van der Waals surface area contributed by atoms with E-state index in [2.05, 4.69) is 27.8 Å². The molecule has 2 aromatic carbocycles. The zero-order valence-electron chi connectivity index (χ0n) is 17.2. The number of nitrogens with one attached hydrogen (secondary N) is 1. The van der Waals surface area contributed by atoms with E-state index in [1.54, 1.807) is 6.92 Å². The number of aryl methyl sites for hydroxylation is 2. The van der Waals surface area contributed by atoms with Crippen LogP contribution in [0.5, 0.6) is 0 Å². The van der Waals surface area contributed by atoms with Crippen molar-refractivity contribution in [3.8, 4) is 0 Å². The Hall–Kier alpha value is -2.48. The average Bonchev–Trinajstić information content (AvgIpc) is 3.13. The summed E-state index contributed by atoms with van der Waals surface area (Å²) in [6.45, 7) is 3.46. The second-order valence-electron chi connectivity index (χ2n) is 7.81. The Balaban J connectivity index is 1.59. The number of aromatic nitrogens is 1. The molecule has 2 heterocycles. The lowest BCUT2D eigenvalue weighted by atomic mass is 9.98. The highest BCUT2D eigenvalue weighted by Crippen LogP contribution is 2.28. The summed E-state index contributed by atoms with van der Waals surface area (Å²) in [5.41, 5.74) is 4.07. The third-order valence-electron chi connectivity index (χ3n) is 5.82. The SMILES string of the molecule is Cc1cc(F)ccc1S(=O)(=O)NCC(c1cccn1C)N1CCc2ccccc2C1. The Morgan fingerprint density at radius 2 is 1.87 bits per heavy atom. The Morgan fingerprint density at radius 3 is 2.57 bits per heavy atom. The van der Waals surface area contributed by atoms with Crippen molar-refractivity contribution < 1.29 is 12.8 Å². The van der Waals surface area contributed by atoms with Crippen molar-refractivity contribution in [2.45, 2.75) is 30.8 Å². The molecule has 5 nitrogen and oxygen atoms in total. The van der Waals surface area contributed by atoms with Gasteiger partial charge >= 0.3 is 0 Å². The number of benzene rings is 2. The molecule has 4 rings (SSSR count). The first-order valence-electron chi connectivity index (χ1n) is 10.0. The minimum atomic E-state index is -3.76. The van der Waals surface area contributed by atoms with Crippen LogP contribution in [0.2, 0.25) is 0 Å². The summed E-state index contributed by atoms with van der Waals surface area (Å²) in [6.07, 6.45) is 2.90. The lowest BCUT2D eigenvalue weighted by Crippen LogP contribution is -2.41. The molecule has 0 fully saturated rings. The quantitative estimate of drug-likeness (QED) is 0.655. The summed E-state index contributed by atoms with van der Waals surface area (Å²) in [5, 5.41) is 0. The van der Waals surface area contributed by atoms with Crippen molar-refractivity contribution in [3.63, 3.8) is 0 Å². The lowest BCUT2D eigenvalue weighted by molar-refractivity contribution is 0.174. The van der Waals surface area contributed by atoms with Gasteiger partial charge in [-0.15, -0.1) is 0 Å². The molecule has 1 aliphatic heterocycles. The fourth-order valence-corrected chi connectivity index (χ4v) is 5.47. The van der Waals surface area contributed by atoms with Gasteiger partial charge in [-0.05, 0) is 60.4 Å². The van der Waals surface area contributed by atoms with Crippen LogP contribution >= 0.6 is 0 Å². The van der Waals surface area contributed by atoms with Crippen LogP contribution < -0.4 is 4.72 Å². The lowest BCUT2D eigenvalue weighted by Gasteiger charge is -2.36.